The highest BCUT2D eigenvalue weighted by Gasteiger charge is 2.37. The molecule has 1 saturated heterocycles. The lowest BCUT2D eigenvalue weighted by Gasteiger charge is -2.26. The molecule has 0 spiro atoms. The van der Waals surface area contributed by atoms with E-state index in [9.17, 15) is 24.0 Å². The average Bonchev–Trinajstić information content (AvgIpc) is 3.33. The molecule has 0 atom stereocenters. The number of thiophene rings is 1. The number of carbonyl (C=O) groups is 3. The van der Waals surface area contributed by atoms with Crippen LogP contribution < -0.4 is 10.2 Å². The highest BCUT2D eigenvalue weighted by Crippen LogP contribution is 2.38. The van der Waals surface area contributed by atoms with E-state index < -0.39 is 23.7 Å². The smallest absolute Gasteiger partial charge is 0.308 e. The number of amides is 4. The summed E-state index contributed by atoms with van der Waals surface area (Å²) in [7, 11) is 0. The van der Waals surface area contributed by atoms with Gasteiger partial charge in [0.05, 0.1) is 11.3 Å². The molecule has 1 aromatic carbocycles. The number of nitriles is 1. The minimum absolute atomic E-state index is 0.153. The van der Waals surface area contributed by atoms with Gasteiger partial charge in [0.25, 0.3) is 11.8 Å². The molecular weight excluding hydrogens is 467 g/mol. The van der Waals surface area contributed by atoms with Crippen molar-refractivity contribution in [3.63, 3.8) is 0 Å². The van der Waals surface area contributed by atoms with E-state index in [1.807, 2.05) is 24.5 Å². The molecule has 2 aliphatic rings. The van der Waals surface area contributed by atoms with Crippen LogP contribution in [-0.2, 0) is 22.4 Å². The Morgan fingerprint density at radius 1 is 1.11 bits per heavy atom. The molecule has 5 rings (SSSR count). The predicted molar refractivity (Wildman–Crippen MR) is 130 cm³/mol. The first kappa shape index (κ1) is 22.7. The molecular formula is C26H21FN4O3S. The highest BCUT2D eigenvalue weighted by atomic mass is 32.1. The summed E-state index contributed by atoms with van der Waals surface area (Å²) in [5.41, 5.74) is 4.02. The summed E-state index contributed by atoms with van der Waals surface area (Å²) in [6.07, 6.45) is 5.50. The van der Waals surface area contributed by atoms with Gasteiger partial charge in [-0.2, -0.15) is 5.26 Å². The fraction of sp³-hybridized carbons (Fsp3) is 0.231. The Kier molecular flexibility index (Phi) is 5.61. The van der Waals surface area contributed by atoms with Crippen molar-refractivity contribution in [2.75, 3.05) is 4.90 Å². The summed E-state index contributed by atoms with van der Waals surface area (Å²) in [5.74, 6) is -2.10. The van der Waals surface area contributed by atoms with Gasteiger partial charge in [0, 0.05) is 16.3 Å². The van der Waals surface area contributed by atoms with Gasteiger partial charge in [-0.05, 0) is 87.1 Å². The molecule has 9 heteroatoms. The molecule has 2 aromatic heterocycles. The lowest BCUT2D eigenvalue weighted by molar-refractivity contribution is -0.122. The number of urea groups is 1. The number of aryl methyl sites for hydroxylation is 2. The maximum absolute atomic E-state index is 13.3. The Bertz CT molecular complexity index is 1470. The zero-order chi connectivity index (χ0) is 24.9. The van der Waals surface area contributed by atoms with Crippen molar-refractivity contribution < 1.29 is 18.8 Å². The molecule has 1 fully saturated rings. The van der Waals surface area contributed by atoms with E-state index in [-0.39, 0.29) is 11.3 Å². The van der Waals surface area contributed by atoms with Crippen LogP contribution in [0.25, 0.3) is 11.1 Å². The van der Waals surface area contributed by atoms with Gasteiger partial charge in [-0.1, -0.05) is 0 Å². The van der Waals surface area contributed by atoms with Gasteiger partial charge in [0.1, 0.15) is 22.5 Å². The van der Waals surface area contributed by atoms with Crippen LogP contribution in [0.15, 0.2) is 35.9 Å². The fourth-order valence-electron chi connectivity index (χ4n) is 4.71. The minimum atomic E-state index is -0.892. The van der Waals surface area contributed by atoms with Crippen molar-refractivity contribution in [1.29, 1.82) is 5.26 Å². The second-order valence-electron chi connectivity index (χ2n) is 8.60. The number of hydrogen-bond donors (Lipinski definition) is 1. The molecule has 1 aliphatic carbocycles. The molecule has 0 unspecified atom stereocenters. The van der Waals surface area contributed by atoms with E-state index in [1.165, 1.54) is 23.1 Å². The van der Waals surface area contributed by atoms with Crippen LogP contribution in [0.4, 0.5) is 14.9 Å². The number of aromatic nitrogens is 1. The van der Waals surface area contributed by atoms with Crippen molar-refractivity contribution in [2.24, 2.45) is 0 Å². The van der Waals surface area contributed by atoms with E-state index in [4.69, 9.17) is 0 Å². The van der Waals surface area contributed by atoms with Crippen molar-refractivity contribution in [1.82, 2.24) is 9.88 Å². The standard InChI is InChI=1S/C26H21FN4O3S/c1-14-11-16(15(2)30(14)25-21(13-28)19-5-3-4-6-22(19)35-25)12-20-23(32)29-26(34)31(24(20)33)18-9-7-17(27)8-10-18/h7-12H,3-6H2,1-2H3,(H,29,32,34)/b20-12-. The molecule has 7 nitrogen and oxygen atoms in total. The predicted octanol–water partition coefficient (Wildman–Crippen LogP) is 4.71. The molecule has 0 bridgehead atoms. The van der Waals surface area contributed by atoms with Crippen LogP contribution in [0.3, 0.4) is 0 Å². The lowest BCUT2D eigenvalue weighted by Crippen LogP contribution is -2.54. The van der Waals surface area contributed by atoms with E-state index in [1.54, 1.807) is 11.3 Å². The van der Waals surface area contributed by atoms with Crippen LogP contribution in [0, 0.1) is 31.0 Å². The number of nitrogens with zero attached hydrogens (tertiary/aromatic N) is 3. The molecule has 1 N–H and O–H groups in total. The van der Waals surface area contributed by atoms with Gasteiger partial charge in [-0.15, -0.1) is 11.3 Å². The number of fused-ring (bicyclic) bond motifs is 1. The first-order valence-corrected chi connectivity index (χ1v) is 12.0. The van der Waals surface area contributed by atoms with E-state index in [2.05, 4.69) is 11.4 Å². The molecule has 4 amide bonds. The Balaban J connectivity index is 1.57. The summed E-state index contributed by atoms with van der Waals surface area (Å²) < 4.78 is 15.3. The highest BCUT2D eigenvalue weighted by molar-refractivity contribution is 7.15. The van der Waals surface area contributed by atoms with Crippen molar-refractivity contribution in [2.45, 2.75) is 39.5 Å². The van der Waals surface area contributed by atoms with E-state index in [0.717, 1.165) is 64.7 Å². The van der Waals surface area contributed by atoms with Crippen molar-refractivity contribution in [3.8, 4) is 11.1 Å². The lowest BCUT2D eigenvalue weighted by atomic mass is 9.96. The van der Waals surface area contributed by atoms with Gasteiger partial charge < -0.3 is 4.57 Å². The van der Waals surface area contributed by atoms with Crippen molar-refractivity contribution >= 4 is 40.9 Å². The zero-order valence-electron chi connectivity index (χ0n) is 19.1. The molecule has 3 aromatic rings. The third-order valence-corrected chi connectivity index (χ3v) is 7.70. The van der Waals surface area contributed by atoms with E-state index >= 15 is 0 Å². The number of barbiturate groups is 1. The largest absolute Gasteiger partial charge is 0.335 e. The number of hydrogen-bond acceptors (Lipinski definition) is 5. The fourth-order valence-corrected chi connectivity index (χ4v) is 6.16. The van der Waals surface area contributed by atoms with Gasteiger partial charge in [-0.25, -0.2) is 14.1 Å². The maximum Gasteiger partial charge on any atom is 0.335 e. The SMILES string of the molecule is Cc1cc(/C=C2/C(=O)NC(=O)N(c3ccc(F)cc3)C2=O)c(C)n1-c1sc2c(c1C#N)CCCC2. The number of imide groups is 2. The number of anilines is 1. The molecule has 0 saturated carbocycles. The summed E-state index contributed by atoms with van der Waals surface area (Å²) in [6, 6.07) is 8.21. The quantitative estimate of drug-likeness (QED) is 0.427. The summed E-state index contributed by atoms with van der Waals surface area (Å²) in [4.78, 5) is 40.2. The van der Waals surface area contributed by atoms with Crippen LogP contribution in [0.5, 0.6) is 0 Å². The van der Waals surface area contributed by atoms with Crippen LogP contribution in [0.2, 0.25) is 0 Å². The van der Waals surface area contributed by atoms with E-state index in [0.29, 0.717) is 11.1 Å². The first-order chi connectivity index (χ1) is 16.8. The van der Waals surface area contributed by atoms with Gasteiger partial charge in [0.2, 0.25) is 0 Å². The van der Waals surface area contributed by atoms with Crippen molar-refractivity contribution in [3.05, 3.63) is 74.7 Å². The summed E-state index contributed by atoms with van der Waals surface area (Å²) in [5, 5.41) is 12.9. The monoisotopic (exact) mass is 488 g/mol. The van der Waals surface area contributed by atoms with Crippen LogP contribution >= 0.6 is 11.3 Å². The van der Waals surface area contributed by atoms with Crippen LogP contribution in [-0.4, -0.2) is 22.4 Å². The summed E-state index contributed by atoms with van der Waals surface area (Å²) >= 11 is 1.62. The number of halogens is 1. The maximum atomic E-state index is 13.3. The Labute approximate surface area is 205 Å². The molecule has 0 radical (unpaired) electrons. The number of benzene rings is 1. The second-order valence-corrected chi connectivity index (χ2v) is 9.68. The normalized spacial score (nSPS) is 16.9. The third kappa shape index (κ3) is 3.76. The third-order valence-electron chi connectivity index (χ3n) is 6.42. The second kappa shape index (κ2) is 8.64. The zero-order valence-corrected chi connectivity index (χ0v) is 20.0. The van der Waals surface area contributed by atoms with Crippen LogP contribution in [0.1, 0.15) is 45.8 Å². The number of nitrogens with one attached hydrogen (secondary N) is 1. The Hall–Kier alpha value is -4.03. The molecule has 176 valence electrons. The van der Waals surface area contributed by atoms with Gasteiger partial charge in [-0.3, -0.25) is 14.9 Å². The average molecular weight is 489 g/mol. The topological polar surface area (TPSA) is 95.2 Å². The Morgan fingerprint density at radius 3 is 2.54 bits per heavy atom. The number of carbonyl (C=O) groups excluding carboxylic acids is 3. The molecule has 3 heterocycles. The molecule has 35 heavy (non-hydrogen) atoms. The minimum Gasteiger partial charge on any atom is -0.308 e. The number of rotatable bonds is 3. The Morgan fingerprint density at radius 2 is 1.83 bits per heavy atom. The first-order valence-electron chi connectivity index (χ1n) is 11.2. The summed E-state index contributed by atoms with van der Waals surface area (Å²) in [6.45, 7) is 3.78. The molecule has 1 aliphatic heterocycles. The van der Waals surface area contributed by atoms with Gasteiger partial charge in [0.15, 0.2) is 0 Å². The van der Waals surface area contributed by atoms with Gasteiger partial charge >= 0.3 is 6.03 Å².